The standard InChI is InChI=1S/C20H18FN3O2/c1-13-17(23-20(25-13)14-7-9-15(21)10-8-14)11-24(2)12-19-22-16-5-3-4-6-18(16)26-19/h3-10H,11-12H2,1-2H3. The van der Waals surface area contributed by atoms with Crippen LogP contribution in [0.25, 0.3) is 22.6 Å². The zero-order valence-corrected chi connectivity index (χ0v) is 14.6. The van der Waals surface area contributed by atoms with E-state index in [9.17, 15) is 4.39 Å². The first kappa shape index (κ1) is 16.5. The first-order valence-corrected chi connectivity index (χ1v) is 8.34. The van der Waals surface area contributed by atoms with Gasteiger partial charge in [0, 0.05) is 12.1 Å². The van der Waals surface area contributed by atoms with Gasteiger partial charge in [-0.2, -0.15) is 0 Å². The summed E-state index contributed by atoms with van der Waals surface area (Å²) < 4.78 is 24.6. The highest BCUT2D eigenvalue weighted by molar-refractivity contribution is 5.72. The van der Waals surface area contributed by atoms with Crippen molar-refractivity contribution in [3.63, 3.8) is 0 Å². The summed E-state index contributed by atoms with van der Waals surface area (Å²) in [6.07, 6.45) is 0. The lowest BCUT2D eigenvalue weighted by Crippen LogP contribution is -2.18. The number of nitrogens with zero attached hydrogens (tertiary/aromatic N) is 3. The van der Waals surface area contributed by atoms with E-state index in [1.54, 1.807) is 12.1 Å². The number of rotatable bonds is 5. The van der Waals surface area contributed by atoms with Gasteiger partial charge in [-0.3, -0.25) is 4.90 Å². The van der Waals surface area contributed by atoms with Crippen molar-refractivity contribution in [3.8, 4) is 11.5 Å². The number of halogens is 1. The molecule has 0 atom stereocenters. The lowest BCUT2D eigenvalue weighted by atomic mass is 10.2. The third kappa shape index (κ3) is 3.36. The summed E-state index contributed by atoms with van der Waals surface area (Å²) in [4.78, 5) is 11.1. The van der Waals surface area contributed by atoms with Gasteiger partial charge in [-0.25, -0.2) is 14.4 Å². The molecule has 0 spiro atoms. The second-order valence-electron chi connectivity index (χ2n) is 6.28. The fourth-order valence-corrected chi connectivity index (χ4v) is 2.82. The van der Waals surface area contributed by atoms with Crippen molar-refractivity contribution in [2.45, 2.75) is 20.0 Å². The molecule has 0 aliphatic rings. The molecule has 5 nitrogen and oxygen atoms in total. The van der Waals surface area contributed by atoms with Crippen LogP contribution in [-0.2, 0) is 13.1 Å². The quantitative estimate of drug-likeness (QED) is 0.527. The minimum Gasteiger partial charge on any atom is -0.441 e. The van der Waals surface area contributed by atoms with Crippen molar-refractivity contribution in [1.82, 2.24) is 14.9 Å². The average molecular weight is 351 g/mol. The molecule has 2 aromatic heterocycles. The van der Waals surface area contributed by atoms with Gasteiger partial charge in [0.15, 0.2) is 5.58 Å². The van der Waals surface area contributed by atoms with Gasteiger partial charge in [0.1, 0.15) is 17.1 Å². The second-order valence-corrected chi connectivity index (χ2v) is 6.28. The van der Waals surface area contributed by atoms with E-state index < -0.39 is 0 Å². The SMILES string of the molecule is Cc1oc(-c2ccc(F)cc2)nc1CN(C)Cc1nc2ccccc2o1. The molecule has 26 heavy (non-hydrogen) atoms. The lowest BCUT2D eigenvalue weighted by molar-refractivity contribution is 0.281. The summed E-state index contributed by atoms with van der Waals surface area (Å²) in [5, 5.41) is 0. The summed E-state index contributed by atoms with van der Waals surface area (Å²) in [5.74, 6) is 1.62. The van der Waals surface area contributed by atoms with Crippen molar-refractivity contribution < 1.29 is 13.2 Å². The number of aromatic nitrogens is 2. The van der Waals surface area contributed by atoms with E-state index in [1.807, 2.05) is 38.2 Å². The van der Waals surface area contributed by atoms with E-state index in [0.717, 1.165) is 28.1 Å². The minimum atomic E-state index is -0.282. The molecule has 2 heterocycles. The zero-order chi connectivity index (χ0) is 18.1. The highest BCUT2D eigenvalue weighted by Gasteiger charge is 2.15. The first-order valence-electron chi connectivity index (χ1n) is 8.34. The molecule has 4 aromatic rings. The number of para-hydroxylation sites is 2. The van der Waals surface area contributed by atoms with Crippen LogP contribution in [-0.4, -0.2) is 21.9 Å². The molecule has 0 radical (unpaired) electrons. The van der Waals surface area contributed by atoms with E-state index in [-0.39, 0.29) is 5.82 Å². The van der Waals surface area contributed by atoms with E-state index in [1.165, 1.54) is 12.1 Å². The van der Waals surface area contributed by atoms with Crippen LogP contribution >= 0.6 is 0 Å². The molecule has 6 heteroatoms. The topological polar surface area (TPSA) is 55.3 Å². The molecule has 0 saturated carbocycles. The summed E-state index contributed by atoms with van der Waals surface area (Å²) in [7, 11) is 1.97. The molecule has 0 aliphatic heterocycles. The predicted octanol–water partition coefficient (Wildman–Crippen LogP) is 4.56. The Labute approximate surface area is 150 Å². The van der Waals surface area contributed by atoms with Crippen LogP contribution in [0.4, 0.5) is 4.39 Å². The van der Waals surface area contributed by atoms with Crippen LogP contribution in [0.2, 0.25) is 0 Å². The minimum absolute atomic E-state index is 0.282. The molecule has 0 N–H and O–H groups in total. The fourth-order valence-electron chi connectivity index (χ4n) is 2.82. The Balaban J connectivity index is 1.48. The third-order valence-corrected chi connectivity index (χ3v) is 4.15. The molecule has 0 amide bonds. The summed E-state index contributed by atoms with van der Waals surface area (Å²) in [6.45, 7) is 3.03. The normalized spacial score (nSPS) is 11.5. The van der Waals surface area contributed by atoms with Crippen LogP contribution in [0, 0.1) is 12.7 Å². The van der Waals surface area contributed by atoms with Crippen molar-refractivity contribution in [1.29, 1.82) is 0 Å². The summed E-state index contributed by atoms with van der Waals surface area (Å²) in [5.41, 5.74) is 3.23. The van der Waals surface area contributed by atoms with E-state index in [0.29, 0.717) is 24.9 Å². The van der Waals surface area contributed by atoms with Crippen LogP contribution in [0.5, 0.6) is 0 Å². The molecule has 0 unspecified atom stereocenters. The molecule has 0 fully saturated rings. The van der Waals surface area contributed by atoms with Gasteiger partial charge >= 0.3 is 0 Å². The molecule has 132 valence electrons. The zero-order valence-electron chi connectivity index (χ0n) is 14.6. The number of hydrogen-bond acceptors (Lipinski definition) is 5. The maximum atomic E-state index is 13.1. The van der Waals surface area contributed by atoms with Gasteiger partial charge < -0.3 is 8.83 Å². The van der Waals surface area contributed by atoms with Crippen LogP contribution < -0.4 is 0 Å². The molecule has 0 bridgehead atoms. The number of hydrogen-bond donors (Lipinski definition) is 0. The molecule has 0 saturated heterocycles. The van der Waals surface area contributed by atoms with Crippen LogP contribution in [0.1, 0.15) is 17.3 Å². The van der Waals surface area contributed by atoms with E-state index in [2.05, 4.69) is 14.9 Å². The van der Waals surface area contributed by atoms with Crippen LogP contribution in [0.3, 0.4) is 0 Å². The van der Waals surface area contributed by atoms with E-state index in [4.69, 9.17) is 8.83 Å². The van der Waals surface area contributed by atoms with Crippen molar-refractivity contribution in [2.24, 2.45) is 0 Å². The largest absolute Gasteiger partial charge is 0.441 e. The Morgan fingerprint density at radius 3 is 2.50 bits per heavy atom. The van der Waals surface area contributed by atoms with Crippen molar-refractivity contribution in [3.05, 3.63) is 71.7 Å². The molecular weight excluding hydrogens is 333 g/mol. The monoisotopic (exact) mass is 351 g/mol. The van der Waals surface area contributed by atoms with Crippen molar-refractivity contribution >= 4 is 11.1 Å². The Hall–Kier alpha value is -2.99. The molecular formula is C20H18FN3O2. The van der Waals surface area contributed by atoms with Gasteiger partial charge in [-0.1, -0.05) is 12.1 Å². The molecule has 4 rings (SSSR count). The Morgan fingerprint density at radius 2 is 1.73 bits per heavy atom. The van der Waals surface area contributed by atoms with Gasteiger partial charge in [-0.05, 0) is 50.4 Å². The highest BCUT2D eigenvalue weighted by atomic mass is 19.1. The van der Waals surface area contributed by atoms with Crippen LogP contribution in [0.15, 0.2) is 57.4 Å². The lowest BCUT2D eigenvalue weighted by Gasteiger charge is -2.12. The summed E-state index contributed by atoms with van der Waals surface area (Å²) >= 11 is 0. The first-order chi connectivity index (χ1) is 12.6. The maximum Gasteiger partial charge on any atom is 0.226 e. The Kier molecular flexibility index (Phi) is 4.26. The number of fused-ring (bicyclic) bond motifs is 1. The average Bonchev–Trinajstić information content (AvgIpc) is 3.18. The van der Waals surface area contributed by atoms with Gasteiger partial charge in [-0.15, -0.1) is 0 Å². The summed E-state index contributed by atoms with van der Waals surface area (Å²) in [6, 6.07) is 13.8. The number of aryl methyl sites for hydroxylation is 1. The highest BCUT2D eigenvalue weighted by Crippen LogP contribution is 2.23. The van der Waals surface area contributed by atoms with Gasteiger partial charge in [0.25, 0.3) is 0 Å². The smallest absolute Gasteiger partial charge is 0.226 e. The predicted molar refractivity (Wildman–Crippen MR) is 95.8 cm³/mol. The van der Waals surface area contributed by atoms with Gasteiger partial charge in [0.2, 0.25) is 11.8 Å². The van der Waals surface area contributed by atoms with Gasteiger partial charge in [0.05, 0.1) is 12.2 Å². The Bertz CT molecular complexity index is 1000. The molecule has 2 aromatic carbocycles. The fraction of sp³-hybridized carbons (Fsp3) is 0.200. The number of oxazole rings is 2. The Morgan fingerprint density at radius 1 is 0.962 bits per heavy atom. The second kappa shape index (κ2) is 6.72. The third-order valence-electron chi connectivity index (χ3n) is 4.15. The maximum absolute atomic E-state index is 13.1. The van der Waals surface area contributed by atoms with Crippen molar-refractivity contribution in [2.75, 3.05) is 7.05 Å². The van der Waals surface area contributed by atoms with E-state index >= 15 is 0 Å². The molecule has 0 aliphatic carbocycles. The number of benzene rings is 2.